The summed E-state index contributed by atoms with van der Waals surface area (Å²) < 4.78 is 38.1. The van der Waals surface area contributed by atoms with Gasteiger partial charge in [0.1, 0.15) is 17.3 Å². The molecular formula is C19H22N2O7S. The molecule has 0 saturated heterocycles. The number of hydrogen-bond acceptors (Lipinski definition) is 7. The van der Waals surface area contributed by atoms with E-state index in [2.05, 4.69) is 4.72 Å². The summed E-state index contributed by atoms with van der Waals surface area (Å²) in [6.45, 7) is 4.72. The van der Waals surface area contributed by atoms with Crippen molar-refractivity contribution >= 4 is 21.7 Å². The minimum absolute atomic E-state index is 0.0290. The quantitative estimate of drug-likeness (QED) is 0.413. The zero-order chi connectivity index (χ0) is 21.8. The fraction of sp³-hybridized carbons (Fsp3) is 0.316. The number of ether oxygens (including phenoxy) is 2. The van der Waals surface area contributed by atoms with Crippen LogP contribution in [0.4, 0.5) is 5.69 Å². The lowest BCUT2D eigenvalue weighted by Gasteiger charge is -2.21. The molecule has 0 spiro atoms. The Bertz CT molecular complexity index is 1030. The van der Waals surface area contributed by atoms with Crippen LogP contribution in [-0.4, -0.2) is 32.0 Å². The van der Waals surface area contributed by atoms with Gasteiger partial charge in [0.05, 0.1) is 23.2 Å². The van der Waals surface area contributed by atoms with Crippen molar-refractivity contribution in [2.45, 2.75) is 37.8 Å². The van der Waals surface area contributed by atoms with Crippen molar-refractivity contribution in [2.24, 2.45) is 0 Å². The zero-order valence-corrected chi connectivity index (χ0v) is 17.3. The minimum Gasteiger partial charge on any atom is -0.495 e. The van der Waals surface area contributed by atoms with Crippen molar-refractivity contribution in [3.63, 3.8) is 0 Å². The number of carbonyl (C=O) groups excluding carboxylic acids is 1. The molecule has 1 N–H and O–H groups in total. The van der Waals surface area contributed by atoms with Gasteiger partial charge in [-0.3, -0.25) is 10.1 Å². The number of nitro groups is 1. The highest BCUT2D eigenvalue weighted by atomic mass is 32.2. The maximum Gasteiger partial charge on any atom is 0.338 e. The summed E-state index contributed by atoms with van der Waals surface area (Å²) in [5, 5.41) is 11.1. The van der Waals surface area contributed by atoms with E-state index < -0.39 is 26.5 Å². The van der Waals surface area contributed by atoms with Crippen LogP contribution in [0.3, 0.4) is 0 Å². The van der Waals surface area contributed by atoms with Gasteiger partial charge >= 0.3 is 5.97 Å². The van der Waals surface area contributed by atoms with E-state index in [0.29, 0.717) is 0 Å². The van der Waals surface area contributed by atoms with E-state index in [4.69, 9.17) is 9.47 Å². The molecule has 2 aromatic rings. The summed E-state index contributed by atoms with van der Waals surface area (Å²) in [5.41, 5.74) is -0.722. The van der Waals surface area contributed by atoms with Gasteiger partial charge in [0.2, 0.25) is 10.0 Å². The molecule has 0 aromatic heterocycles. The van der Waals surface area contributed by atoms with Crippen LogP contribution >= 0.6 is 0 Å². The second kappa shape index (κ2) is 8.58. The average Bonchev–Trinajstić information content (AvgIpc) is 2.63. The predicted molar refractivity (Wildman–Crippen MR) is 105 cm³/mol. The second-order valence-corrected chi connectivity index (χ2v) is 8.83. The number of hydrogen-bond donors (Lipinski definition) is 1. The highest BCUT2D eigenvalue weighted by Crippen LogP contribution is 2.27. The molecule has 9 nitrogen and oxygen atoms in total. The first kappa shape index (κ1) is 22.3. The molecule has 0 saturated carbocycles. The number of nitrogens with zero attached hydrogens (tertiary/aromatic N) is 1. The number of methoxy groups -OCH3 is 1. The van der Waals surface area contributed by atoms with E-state index in [1.54, 1.807) is 26.8 Å². The van der Waals surface area contributed by atoms with Crippen molar-refractivity contribution in [3.05, 3.63) is 63.7 Å². The topological polar surface area (TPSA) is 125 Å². The van der Waals surface area contributed by atoms with Gasteiger partial charge in [-0.05, 0) is 45.0 Å². The van der Waals surface area contributed by atoms with Crippen LogP contribution in [0.1, 0.15) is 36.7 Å². The lowest BCUT2D eigenvalue weighted by atomic mass is 10.1. The number of rotatable bonds is 7. The maximum atomic E-state index is 12.7. The molecule has 2 aromatic carbocycles. The van der Waals surface area contributed by atoms with Crippen LogP contribution in [0.5, 0.6) is 5.75 Å². The van der Waals surface area contributed by atoms with Crippen molar-refractivity contribution in [1.82, 2.24) is 4.72 Å². The molecule has 0 amide bonds. The SMILES string of the molecule is COc1ccc(C(=O)OCc2ccccc2[N+](=O)[O-])cc1S(=O)(=O)NC(C)(C)C. The minimum atomic E-state index is -3.97. The summed E-state index contributed by atoms with van der Waals surface area (Å²) in [6.07, 6.45) is 0. The molecular weight excluding hydrogens is 400 g/mol. The van der Waals surface area contributed by atoms with Gasteiger partial charge in [0, 0.05) is 11.6 Å². The van der Waals surface area contributed by atoms with Crippen LogP contribution < -0.4 is 9.46 Å². The smallest absolute Gasteiger partial charge is 0.338 e. The standard InChI is InChI=1S/C19H22N2O7S/c1-19(2,3)20-29(25,26)17-11-13(9-10-16(17)27-4)18(22)28-12-14-7-5-6-8-15(14)21(23)24/h5-11,20H,12H2,1-4H3. The molecule has 156 valence electrons. The fourth-order valence-corrected chi connectivity index (χ4v) is 4.12. The van der Waals surface area contributed by atoms with E-state index in [0.717, 1.165) is 6.07 Å². The summed E-state index contributed by atoms with van der Waals surface area (Å²) >= 11 is 0. The third kappa shape index (κ3) is 5.75. The van der Waals surface area contributed by atoms with E-state index in [-0.39, 0.29) is 34.1 Å². The predicted octanol–water partition coefficient (Wildman–Crippen LogP) is 3.04. The maximum absolute atomic E-state index is 12.7. The number of benzene rings is 2. The Morgan fingerprint density at radius 1 is 1.17 bits per heavy atom. The Hall–Kier alpha value is -2.98. The number of para-hydroxylation sites is 1. The molecule has 0 aliphatic rings. The number of carbonyl (C=O) groups is 1. The number of esters is 1. The molecule has 2 rings (SSSR count). The van der Waals surface area contributed by atoms with Crippen LogP contribution in [0, 0.1) is 10.1 Å². The Labute approximate surface area is 168 Å². The molecule has 0 aliphatic carbocycles. The first-order chi connectivity index (χ1) is 13.4. The Kier molecular flexibility index (Phi) is 6.60. The van der Waals surface area contributed by atoms with E-state index >= 15 is 0 Å². The van der Waals surface area contributed by atoms with Gasteiger partial charge in [-0.2, -0.15) is 0 Å². The van der Waals surface area contributed by atoms with Gasteiger partial charge < -0.3 is 9.47 Å². The Morgan fingerprint density at radius 3 is 2.41 bits per heavy atom. The van der Waals surface area contributed by atoms with E-state index in [1.165, 1.54) is 37.4 Å². The lowest BCUT2D eigenvalue weighted by molar-refractivity contribution is -0.385. The Balaban J connectivity index is 2.29. The van der Waals surface area contributed by atoms with Gasteiger partial charge in [-0.25, -0.2) is 17.9 Å². The molecule has 0 bridgehead atoms. The van der Waals surface area contributed by atoms with Gasteiger partial charge in [-0.15, -0.1) is 0 Å². The summed E-state index contributed by atoms with van der Waals surface area (Å²) in [5.74, 6) is -0.755. The monoisotopic (exact) mass is 422 g/mol. The van der Waals surface area contributed by atoms with Crippen molar-refractivity contribution in [1.29, 1.82) is 0 Å². The van der Waals surface area contributed by atoms with Crippen LogP contribution in [0.25, 0.3) is 0 Å². The largest absolute Gasteiger partial charge is 0.495 e. The van der Waals surface area contributed by atoms with Gasteiger partial charge in [0.25, 0.3) is 5.69 Å². The molecule has 0 atom stereocenters. The third-order valence-electron chi connectivity index (χ3n) is 3.68. The summed E-state index contributed by atoms with van der Waals surface area (Å²) in [4.78, 5) is 22.7. The van der Waals surface area contributed by atoms with Crippen molar-refractivity contribution < 1.29 is 27.6 Å². The van der Waals surface area contributed by atoms with Crippen molar-refractivity contribution in [2.75, 3.05) is 7.11 Å². The molecule has 0 fully saturated rings. The summed E-state index contributed by atoms with van der Waals surface area (Å²) in [7, 11) is -2.66. The van der Waals surface area contributed by atoms with Crippen LogP contribution in [-0.2, 0) is 21.4 Å². The highest BCUT2D eigenvalue weighted by molar-refractivity contribution is 7.89. The Morgan fingerprint density at radius 2 is 1.83 bits per heavy atom. The average molecular weight is 422 g/mol. The molecule has 10 heteroatoms. The van der Waals surface area contributed by atoms with Gasteiger partial charge in [-0.1, -0.05) is 12.1 Å². The normalized spacial score (nSPS) is 11.7. The van der Waals surface area contributed by atoms with Crippen LogP contribution in [0.15, 0.2) is 47.4 Å². The molecule has 0 heterocycles. The molecule has 0 radical (unpaired) electrons. The molecule has 29 heavy (non-hydrogen) atoms. The van der Waals surface area contributed by atoms with Crippen molar-refractivity contribution in [3.8, 4) is 5.75 Å². The van der Waals surface area contributed by atoms with E-state index in [9.17, 15) is 23.3 Å². The highest BCUT2D eigenvalue weighted by Gasteiger charge is 2.27. The zero-order valence-electron chi connectivity index (χ0n) is 16.5. The van der Waals surface area contributed by atoms with Crippen LogP contribution in [0.2, 0.25) is 0 Å². The van der Waals surface area contributed by atoms with Gasteiger partial charge in [0.15, 0.2) is 0 Å². The number of nitrogens with one attached hydrogen (secondary N) is 1. The molecule has 0 unspecified atom stereocenters. The first-order valence-corrected chi connectivity index (χ1v) is 10.0. The number of sulfonamides is 1. The lowest BCUT2D eigenvalue weighted by Crippen LogP contribution is -2.40. The third-order valence-corrected chi connectivity index (χ3v) is 5.46. The first-order valence-electron chi connectivity index (χ1n) is 8.56. The number of nitro benzene ring substituents is 1. The second-order valence-electron chi connectivity index (χ2n) is 7.18. The summed E-state index contributed by atoms with van der Waals surface area (Å²) in [6, 6.07) is 9.73. The molecule has 0 aliphatic heterocycles. The fourth-order valence-electron chi connectivity index (χ4n) is 2.51. The van der Waals surface area contributed by atoms with E-state index in [1.807, 2.05) is 0 Å².